The quantitative estimate of drug-likeness (QED) is 0.465. The van der Waals surface area contributed by atoms with Gasteiger partial charge in [-0.15, -0.1) is 0 Å². The van der Waals surface area contributed by atoms with Crippen molar-refractivity contribution < 1.29 is 13.3 Å². The molecule has 0 amide bonds. The van der Waals surface area contributed by atoms with Gasteiger partial charge in [0.25, 0.3) is 0 Å². The summed E-state index contributed by atoms with van der Waals surface area (Å²) in [6.07, 6.45) is 9.32. The van der Waals surface area contributed by atoms with Gasteiger partial charge in [-0.1, -0.05) is 19.3 Å². The Labute approximate surface area is 132 Å². The molecular formula is C16H35NO3Si. The van der Waals surface area contributed by atoms with E-state index in [0.717, 1.165) is 25.4 Å². The summed E-state index contributed by atoms with van der Waals surface area (Å²) in [7, 11) is -2.43. The molecule has 0 aromatic heterocycles. The lowest BCUT2D eigenvalue weighted by Crippen LogP contribution is -2.45. The molecule has 1 aliphatic carbocycles. The molecule has 0 aromatic carbocycles. The fraction of sp³-hybridized carbons (Fsp3) is 1.00. The molecule has 0 radical (unpaired) electrons. The van der Waals surface area contributed by atoms with Crippen LogP contribution >= 0.6 is 0 Å². The van der Waals surface area contributed by atoms with Crippen molar-refractivity contribution in [3.05, 3.63) is 0 Å². The zero-order chi connectivity index (χ0) is 15.6. The van der Waals surface area contributed by atoms with E-state index < -0.39 is 8.80 Å². The van der Waals surface area contributed by atoms with Crippen molar-refractivity contribution in [1.29, 1.82) is 0 Å². The molecule has 0 aromatic rings. The van der Waals surface area contributed by atoms with Gasteiger partial charge in [-0.05, 0) is 53.0 Å². The zero-order valence-corrected chi connectivity index (χ0v) is 15.5. The first kappa shape index (κ1) is 19.1. The van der Waals surface area contributed by atoms with Crippen molar-refractivity contribution >= 4 is 8.80 Å². The molecule has 126 valence electrons. The Kier molecular flexibility index (Phi) is 9.76. The smallest absolute Gasteiger partial charge is 0.374 e. The van der Waals surface area contributed by atoms with Crippen LogP contribution in [0.4, 0.5) is 0 Å². The van der Waals surface area contributed by atoms with Gasteiger partial charge in [0.1, 0.15) is 0 Å². The molecule has 5 heteroatoms. The lowest BCUT2D eigenvalue weighted by Gasteiger charge is -2.29. The molecule has 0 saturated heterocycles. The van der Waals surface area contributed by atoms with Gasteiger partial charge in [0.2, 0.25) is 0 Å². The van der Waals surface area contributed by atoms with Gasteiger partial charge in [0.05, 0.1) is 0 Å². The first-order valence-electron chi connectivity index (χ1n) is 8.78. The van der Waals surface area contributed by atoms with Crippen molar-refractivity contribution in [2.75, 3.05) is 19.8 Å². The molecule has 1 aliphatic rings. The average Bonchev–Trinajstić information content (AvgIpc) is 2.45. The fourth-order valence-electron chi connectivity index (χ4n) is 3.06. The fourth-order valence-corrected chi connectivity index (χ4v) is 5.18. The minimum Gasteiger partial charge on any atom is -0.374 e. The second kappa shape index (κ2) is 10.7. The lowest BCUT2D eigenvalue weighted by atomic mass is 9.95. The SMILES string of the molecule is CCO[Si](C)(OCC)OC(C)CCCNC1CCCCC1. The van der Waals surface area contributed by atoms with E-state index in [2.05, 4.69) is 12.2 Å². The normalized spacial score (nSPS) is 18.9. The molecule has 0 heterocycles. The Balaban J connectivity index is 2.15. The second-order valence-corrected chi connectivity index (χ2v) is 8.63. The van der Waals surface area contributed by atoms with Crippen LogP contribution in [0.1, 0.15) is 65.7 Å². The molecule has 1 N–H and O–H groups in total. The molecule has 1 atom stereocenters. The van der Waals surface area contributed by atoms with Crippen molar-refractivity contribution in [3.63, 3.8) is 0 Å². The van der Waals surface area contributed by atoms with E-state index >= 15 is 0 Å². The molecular weight excluding hydrogens is 282 g/mol. The second-order valence-electron chi connectivity index (χ2n) is 6.09. The summed E-state index contributed by atoms with van der Waals surface area (Å²) in [4.78, 5) is 0. The van der Waals surface area contributed by atoms with Gasteiger partial charge in [0, 0.05) is 31.9 Å². The van der Waals surface area contributed by atoms with Crippen LogP contribution in [0.5, 0.6) is 0 Å². The standard InChI is InChI=1S/C16H35NO3Si/c1-5-18-21(4,19-6-2)20-15(3)11-10-14-17-16-12-8-7-9-13-16/h15-17H,5-14H2,1-4H3. The summed E-state index contributed by atoms with van der Waals surface area (Å²) in [5, 5.41) is 3.68. The number of nitrogens with one attached hydrogen (secondary N) is 1. The van der Waals surface area contributed by atoms with E-state index in [1.807, 2.05) is 20.4 Å². The largest absolute Gasteiger partial charge is 0.497 e. The first-order chi connectivity index (χ1) is 10.1. The van der Waals surface area contributed by atoms with E-state index in [4.69, 9.17) is 13.3 Å². The molecule has 1 saturated carbocycles. The third-order valence-corrected chi connectivity index (χ3v) is 6.51. The van der Waals surface area contributed by atoms with E-state index in [0.29, 0.717) is 13.2 Å². The summed E-state index contributed by atoms with van der Waals surface area (Å²) in [5.74, 6) is 0. The molecule has 21 heavy (non-hydrogen) atoms. The van der Waals surface area contributed by atoms with Crippen molar-refractivity contribution in [2.24, 2.45) is 0 Å². The highest BCUT2D eigenvalue weighted by molar-refractivity contribution is 6.59. The average molecular weight is 318 g/mol. The molecule has 1 fully saturated rings. The predicted octanol–water partition coefficient (Wildman–Crippen LogP) is 3.74. The van der Waals surface area contributed by atoms with Crippen LogP contribution in [-0.4, -0.2) is 40.7 Å². The van der Waals surface area contributed by atoms with Crippen LogP contribution in [0.2, 0.25) is 6.55 Å². The first-order valence-corrected chi connectivity index (χ1v) is 11.0. The van der Waals surface area contributed by atoms with E-state index in [9.17, 15) is 0 Å². The van der Waals surface area contributed by atoms with Crippen LogP contribution in [0, 0.1) is 0 Å². The minimum atomic E-state index is -2.43. The van der Waals surface area contributed by atoms with Gasteiger partial charge < -0.3 is 18.6 Å². The summed E-state index contributed by atoms with van der Waals surface area (Å²) in [6, 6.07) is 0.751. The van der Waals surface area contributed by atoms with Crippen LogP contribution in [0.25, 0.3) is 0 Å². The highest BCUT2D eigenvalue weighted by Gasteiger charge is 2.35. The maximum absolute atomic E-state index is 6.08. The van der Waals surface area contributed by atoms with Crippen LogP contribution in [0.15, 0.2) is 0 Å². The molecule has 0 aliphatic heterocycles. The van der Waals surface area contributed by atoms with Crippen LogP contribution in [-0.2, 0) is 13.3 Å². The molecule has 4 nitrogen and oxygen atoms in total. The van der Waals surface area contributed by atoms with Crippen LogP contribution in [0.3, 0.4) is 0 Å². The summed E-state index contributed by atoms with van der Waals surface area (Å²) < 4.78 is 17.5. The maximum Gasteiger partial charge on any atom is 0.497 e. The number of hydrogen-bond acceptors (Lipinski definition) is 4. The third kappa shape index (κ3) is 8.31. The highest BCUT2D eigenvalue weighted by Crippen LogP contribution is 2.18. The Morgan fingerprint density at radius 3 is 2.29 bits per heavy atom. The highest BCUT2D eigenvalue weighted by atomic mass is 28.4. The van der Waals surface area contributed by atoms with Crippen molar-refractivity contribution in [3.8, 4) is 0 Å². The topological polar surface area (TPSA) is 39.7 Å². The molecule has 0 bridgehead atoms. The molecule has 1 unspecified atom stereocenters. The Morgan fingerprint density at radius 1 is 1.10 bits per heavy atom. The summed E-state index contributed by atoms with van der Waals surface area (Å²) in [6.45, 7) is 10.5. The van der Waals surface area contributed by atoms with Gasteiger partial charge in [-0.3, -0.25) is 0 Å². The zero-order valence-electron chi connectivity index (χ0n) is 14.5. The number of rotatable bonds is 11. The predicted molar refractivity (Wildman–Crippen MR) is 89.5 cm³/mol. The van der Waals surface area contributed by atoms with Crippen molar-refractivity contribution in [2.45, 2.75) is 84.4 Å². The Morgan fingerprint density at radius 2 is 1.71 bits per heavy atom. The monoisotopic (exact) mass is 317 g/mol. The van der Waals surface area contributed by atoms with Gasteiger partial charge in [0.15, 0.2) is 0 Å². The van der Waals surface area contributed by atoms with E-state index in [-0.39, 0.29) is 6.10 Å². The summed E-state index contributed by atoms with van der Waals surface area (Å²) in [5.41, 5.74) is 0. The van der Waals surface area contributed by atoms with Crippen molar-refractivity contribution in [1.82, 2.24) is 5.32 Å². The molecule has 0 spiro atoms. The van der Waals surface area contributed by atoms with Gasteiger partial charge in [-0.2, -0.15) is 0 Å². The van der Waals surface area contributed by atoms with Gasteiger partial charge in [-0.25, -0.2) is 0 Å². The Bertz CT molecular complexity index is 254. The van der Waals surface area contributed by atoms with E-state index in [1.165, 1.54) is 32.1 Å². The minimum absolute atomic E-state index is 0.202. The van der Waals surface area contributed by atoms with Crippen LogP contribution < -0.4 is 5.32 Å². The lowest BCUT2D eigenvalue weighted by molar-refractivity contribution is 0.0409. The van der Waals surface area contributed by atoms with Gasteiger partial charge >= 0.3 is 8.80 Å². The maximum atomic E-state index is 6.08. The third-order valence-electron chi connectivity index (χ3n) is 4.05. The Hall–Kier alpha value is 0.0569. The number of hydrogen-bond donors (Lipinski definition) is 1. The van der Waals surface area contributed by atoms with E-state index in [1.54, 1.807) is 0 Å². The summed E-state index contributed by atoms with van der Waals surface area (Å²) >= 11 is 0. The molecule has 1 rings (SSSR count).